The van der Waals surface area contributed by atoms with Gasteiger partial charge in [0.15, 0.2) is 0 Å². The summed E-state index contributed by atoms with van der Waals surface area (Å²) in [6.07, 6.45) is 2.50. The Hall–Kier alpha value is -4.92. The Morgan fingerprint density at radius 3 is 2.50 bits per heavy atom. The SMILES string of the molecule is C=CC(=O)Nc1cc(-c2c(-c3cccc(N4CCN(C(C)=O)CC4)c3)[nH]c3ncc(C(=O)OC(C)C)cc23)ccc1C. The van der Waals surface area contributed by atoms with Crippen LogP contribution in [0.4, 0.5) is 11.4 Å². The lowest BCUT2D eigenvalue weighted by molar-refractivity contribution is -0.129. The van der Waals surface area contributed by atoms with Crippen molar-refractivity contribution in [2.75, 3.05) is 36.4 Å². The number of anilines is 2. The molecule has 3 heterocycles. The van der Waals surface area contributed by atoms with E-state index in [1.807, 2.05) is 56.0 Å². The second kappa shape index (κ2) is 11.9. The number of piperazine rings is 1. The first-order valence-corrected chi connectivity index (χ1v) is 14.0. The Labute approximate surface area is 245 Å². The summed E-state index contributed by atoms with van der Waals surface area (Å²) in [4.78, 5) is 49.0. The molecule has 0 atom stereocenters. The number of esters is 1. The highest BCUT2D eigenvalue weighted by molar-refractivity contribution is 6.06. The predicted molar refractivity (Wildman–Crippen MR) is 166 cm³/mol. The monoisotopic (exact) mass is 565 g/mol. The maximum absolute atomic E-state index is 12.8. The second-order valence-corrected chi connectivity index (χ2v) is 10.7. The van der Waals surface area contributed by atoms with Crippen molar-refractivity contribution in [2.24, 2.45) is 0 Å². The first-order chi connectivity index (χ1) is 20.1. The van der Waals surface area contributed by atoms with Crippen LogP contribution in [0.2, 0.25) is 0 Å². The predicted octanol–water partition coefficient (Wildman–Crippen LogP) is 5.56. The van der Waals surface area contributed by atoms with Gasteiger partial charge in [0.25, 0.3) is 0 Å². The minimum atomic E-state index is -0.442. The van der Waals surface area contributed by atoms with Gasteiger partial charge in [0.2, 0.25) is 11.8 Å². The molecule has 9 nitrogen and oxygen atoms in total. The quantitative estimate of drug-likeness (QED) is 0.224. The number of aryl methyl sites for hydroxylation is 1. The van der Waals surface area contributed by atoms with E-state index < -0.39 is 5.97 Å². The number of hydrogen-bond donors (Lipinski definition) is 2. The van der Waals surface area contributed by atoms with Crippen LogP contribution in [-0.4, -0.2) is 64.9 Å². The van der Waals surface area contributed by atoms with E-state index in [0.29, 0.717) is 30.0 Å². The fourth-order valence-corrected chi connectivity index (χ4v) is 5.21. The summed E-state index contributed by atoms with van der Waals surface area (Å²) in [7, 11) is 0. The standard InChI is InChI=1S/C33H35N5O4/c1-6-29(40)35-28-18-23(11-10-21(28)4)30-27-17-25(33(41)42-20(2)3)19-34-32(27)36-31(30)24-8-7-9-26(16-24)38-14-12-37(13-15-38)22(5)39/h6-11,16-20H,1,12-15H2,2-5H3,(H,34,36)(H,35,40). The van der Waals surface area contributed by atoms with E-state index in [9.17, 15) is 14.4 Å². The summed E-state index contributed by atoms with van der Waals surface area (Å²) < 4.78 is 5.44. The molecule has 1 fully saturated rings. The number of aromatic nitrogens is 2. The van der Waals surface area contributed by atoms with Crippen LogP contribution in [0.25, 0.3) is 33.4 Å². The third-order valence-corrected chi connectivity index (χ3v) is 7.42. The fraction of sp³-hybridized carbons (Fsp3) is 0.273. The maximum Gasteiger partial charge on any atom is 0.339 e. The molecule has 0 aliphatic carbocycles. The number of rotatable bonds is 7. The highest BCUT2D eigenvalue weighted by Crippen LogP contribution is 2.40. The summed E-state index contributed by atoms with van der Waals surface area (Å²) in [5, 5.41) is 3.65. The molecule has 0 unspecified atom stereocenters. The van der Waals surface area contributed by atoms with Gasteiger partial charge < -0.3 is 24.8 Å². The molecule has 1 saturated heterocycles. The van der Waals surface area contributed by atoms with Crippen LogP contribution in [0.3, 0.4) is 0 Å². The van der Waals surface area contributed by atoms with Crippen molar-refractivity contribution in [3.8, 4) is 22.4 Å². The first kappa shape index (κ1) is 28.6. The number of carbonyl (C=O) groups is 3. The van der Waals surface area contributed by atoms with Crippen LogP contribution in [0.5, 0.6) is 0 Å². The van der Waals surface area contributed by atoms with Gasteiger partial charge in [0.1, 0.15) is 5.65 Å². The smallest absolute Gasteiger partial charge is 0.339 e. The van der Waals surface area contributed by atoms with Crippen LogP contribution < -0.4 is 10.2 Å². The van der Waals surface area contributed by atoms with Crippen molar-refractivity contribution >= 4 is 40.2 Å². The van der Waals surface area contributed by atoms with Gasteiger partial charge >= 0.3 is 5.97 Å². The maximum atomic E-state index is 12.8. The van der Waals surface area contributed by atoms with E-state index >= 15 is 0 Å². The van der Waals surface area contributed by atoms with Gasteiger partial charge in [-0.05, 0) is 62.2 Å². The molecule has 0 radical (unpaired) electrons. The topological polar surface area (TPSA) is 108 Å². The minimum Gasteiger partial charge on any atom is -0.459 e. The molecule has 2 N–H and O–H groups in total. The molecule has 0 bridgehead atoms. The average Bonchev–Trinajstić information content (AvgIpc) is 3.37. The molecule has 5 rings (SSSR count). The van der Waals surface area contributed by atoms with Gasteiger partial charge in [-0.3, -0.25) is 9.59 Å². The molecule has 42 heavy (non-hydrogen) atoms. The number of amides is 2. The number of aromatic amines is 1. The highest BCUT2D eigenvalue weighted by atomic mass is 16.5. The Balaban J connectivity index is 1.63. The average molecular weight is 566 g/mol. The summed E-state index contributed by atoms with van der Waals surface area (Å²) in [6.45, 7) is 13.6. The Morgan fingerprint density at radius 1 is 1.05 bits per heavy atom. The van der Waals surface area contributed by atoms with Crippen LogP contribution in [-0.2, 0) is 14.3 Å². The van der Waals surface area contributed by atoms with Crippen LogP contribution in [0, 0.1) is 6.92 Å². The number of nitrogens with one attached hydrogen (secondary N) is 2. The van der Waals surface area contributed by atoms with E-state index in [1.165, 1.54) is 12.3 Å². The van der Waals surface area contributed by atoms with Crippen molar-refractivity contribution < 1.29 is 19.1 Å². The molecule has 2 aromatic carbocycles. The van der Waals surface area contributed by atoms with Gasteiger partial charge in [-0.2, -0.15) is 0 Å². The van der Waals surface area contributed by atoms with Crippen molar-refractivity contribution in [1.29, 1.82) is 0 Å². The Kier molecular flexibility index (Phi) is 8.10. The third kappa shape index (κ3) is 5.90. The van der Waals surface area contributed by atoms with Crippen molar-refractivity contribution in [2.45, 2.75) is 33.8 Å². The van der Waals surface area contributed by atoms with Gasteiger partial charge in [-0.15, -0.1) is 0 Å². The molecule has 1 aliphatic heterocycles. The van der Waals surface area contributed by atoms with Gasteiger partial charge in [-0.1, -0.05) is 30.8 Å². The fourth-order valence-electron chi connectivity index (χ4n) is 5.21. The number of ether oxygens (including phenoxy) is 1. The van der Waals surface area contributed by atoms with Crippen molar-refractivity contribution in [3.63, 3.8) is 0 Å². The summed E-state index contributed by atoms with van der Waals surface area (Å²) >= 11 is 0. The summed E-state index contributed by atoms with van der Waals surface area (Å²) in [6, 6.07) is 15.9. The minimum absolute atomic E-state index is 0.0945. The zero-order valence-corrected chi connectivity index (χ0v) is 24.4. The molecular weight excluding hydrogens is 530 g/mol. The number of benzene rings is 2. The van der Waals surface area contributed by atoms with Gasteiger partial charge in [-0.25, -0.2) is 9.78 Å². The van der Waals surface area contributed by atoms with Gasteiger partial charge in [0, 0.05) is 67.2 Å². The van der Waals surface area contributed by atoms with Crippen molar-refractivity contribution in [1.82, 2.24) is 14.9 Å². The van der Waals surface area contributed by atoms with E-state index in [2.05, 4.69) is 38.9 Å². The van der Waals surface area contributed by atoms with Gasteiger partial charge in [0.05, 0.1) is 17.4 Å². The number of hydrogen-bond acceptors (Lipinski definition) is 6. The summed E-state index contributed by atoms with van der Waals surface area (Å²) in [5.41, 5.74) is 7.07. The lowest BCUT2D eigenvalue weighted by Crippen LogP contribution is -2.48. The number of fused-ring (bicyclic) bond motifs is 1. The lowest BCUT2D eigenvalue weighted by atomic mass is 9.96. The summed E-state index contributed by atoms with van der Waals surface area (Å²) in [5.74, 6) is -0.646. The molecule has 1 aliphatic rings. The largest absolute Gasteiger partial charge is 0.459 e. The molecule has 2 amide bonds. The normalized spacial score (nSPS) is 13.4. The highest BCUT2D eigenvalue weighted by Gasteiger charge is 2.22. The Morgan fingerprint density at radius 2 is 1.81 bits per heavy atom. The molecule has 216 valence electrons. The molecule has 0 spiro atoms. The number of pyridine rings is 1. The Bertz CT molecular complexity index is 1680. The van der Waals surface area contributed by atoms with E-state index in [1.54, 1.807) is 13.0 Å². The van der Waals surface area contributed by atoms with Crippen molar-refractivity contribution in [3.05, 3.63) is 78.5 Å². The lowest BCUT2D eigenvalue weighted by Gasteiger charge is -2.35. The zero-order valence-electron chi connectivity index (χ0n) is 24.4. The zero-order chi connectivity index (χ0) is 30.0. The number of nitrogens with zero attached hydrogens (tertiary/aromatic N) is 3. The van der Waals surface area contributed by atoms with Crippen LogP contribution in [0.15, 0.2) is 67.4 Å². The molecule has 0 saturated carbocycles. The van der Waals surface area contributed by atoms with E-state index in [4.69, 9.17) is 4.74 Å². The number of carbonyl (C=O) groups excluding carboxylic acids is 3. The second-order valence-electron chi connectivity index (χ2n) is 10.7. The van der Waals surface area contributed by atoms with Crippen LogP contribution in [0.1, 0.15) is 36.7 Å². The van der Waals surface area contributed by atoms with E-state index in [-0.39, 0.29) is 17.9 Å². The van der Waals surface area contributed by atoms with Crippen LogP contribution >= 0.6 is 0 Å². The third-order valence-electron chi connectivity index (χ3n) is 7.42. The molecular formula is C33H35N5O4. The molecule has 2 aromatic heterocycles. The van der Waals surface area contributed by atoms with E-state index in [0.717, 1.165) is 52.1 Å². The molecule has 9 heteroatoms. The number of H-pyrrole nitrogens is 1. The first-order valence-electron chi connectivity index (χ1n) is 14.0. The molecule has 4 aromatic rings.